The number of nitrogens with one attached hydrogen (secondary N) is 1. The molecule has 0 spiro atoms. The van der Waals surface area contributed by atoms with Crippen molar-refractivity contribution in [3.8, 4) is 0 Å². The van der Waals surface area contributed by atoms with Gasteiger partial charge in [-0.2, -0.15) is 0 Å². The molecule has 1 N–H and O–H groups in total. The van der Waals surface area contributed by atoms with Gasteiger partial charge in [-0.3, -0.25) is 4.90 Å². The normalized spacial score (nSPS) is 21.5. The molecule has 3 rings (SSSR count). The Bertz CT molecular complexity index is 416. The zero-order valence-corrected chi connectivity index (χ0v) is 14.4. The summed E-state index contributed by atoms with van der Waals surface area (Å²) in [5, 5.41) is 5.94. The molecule has 0 radical (unpaired) electrons. The first-order valence-corrected chi connectivity index (χ1v) is 9.55. The Hall–Kier alpha value is -0.380. The number of thiophene rings is 1. The van der Waals surface area contributed by atoms with Crippen molar-refractivity contribution in [2.75, 3.05) is 13.1 Å². The zero-order valence-electron chi connectivity index (χ0n) is 13.6. The largest absolute Gasteiger partial charge is 0.314 e. The Kier molecular flexibility index (Phi) is 5.03. The molecule has 21 heavy (non-hydrogen) atoms. The van der Waals surface area contributed by atoms with Crippen LogP contribution in [0.1, 0.15) is 57.2 Å². The van der Waals surface area contributed by atoms with Gasteiger partial charge in [-0.05, 0) is 42.5 Å². The summed E-state index contributed by atoms with van der Waals surface area (Å²) in [6, 6.07) is 5.96. The number of hydrogen-bond donors (Lipinski definition) is 1. The first-order chi connectivity index (χ1) is 10.2. The van der Waals surface area contributed by atoms with Crippen LogP contribution >= 0.6 is 11.3 Å². The Labute approximate surface area is 133 Å². The van der Waals surface area contributed by atoms with Crippen molar-refractivity contribution in [1.82, 2.24) is 10.2 Å². The summed E-state index contributed by atoms with van der Waals surface area (Å²) in [6.45, 7) is 8.22. The highest BCUT2D eigenvalue weighted by atomic mass is 32.1. The van der Waals surface area contributed by atoms with Gasteiger partial charge in [0.15, 0.2) is 0 Å². The molecule has 2 fully saturated rings. The molecule has 1 heterocycles. The van der Waals surface area contributed by atoms with E-state index >= 15 is 0 Å². The van der Waals surface area contributed by atoms with Crippen LogP contribution in [0.4, 0.5) is 0 Å². The van der Waals surface area contributed by atoms with Crippen LogP contribution in [0.15, 0.2) is 17.5 Å². The van der Waals surface area contributed by atoms with E-state index in [9.17, 15) is 0 Å². The van der Waals surface area contributed by atoms with Crippen molar-refractivity contribution < 1.29 is 0 Å². The third kappa shape index (κ3) is 4.30. The van der Waals surface area contributed by atoms with Gasteiger partial charge in [0.2, 0.25) is 0 Å². The van der Waals surface area contributed by atoms with E-state index in [1.54, 1.807) is 0 Å². The van der Waals surface area contributed by atoms with Crippen molar-refractivity contribution in [2.24, 2.45) is 5.41 Å². The van der Waals surface area contributed by atoms with Crippen LogP contribution in [0.2, 0.25) is 0 Å². The van der Waals surface area contributed by atoms with Crippen LogP contribution < -0.4 is 5.32 Å². The molecule has 2 saturated carbocycles. The van der Waals surface area contributed by atoms with Gasteiger partial charge < -0.3 is 5.32 Å². The van der Waals surface area contributed by atoms with Crippen LogP contribution in [0.25, 0.3) is 0 Å². The molecule has 0 atom stereocenters. The molecule has 0 amide bonds. The second-order valence-corrected chi connectivity index (χ2v) is 8.49. The molecule has 0 bridgehead atoms. The summed E-state index contributed by atoms with van der Waals surface area (Å²) in [7, 11) is 0. The summed E-state index contributed by atoms with van der Waals surface area (Å²) in [5.74, 6) is 0. The van der Waals surface area contributed by atoms with Crippen LogP contribution in [0, 0.1) is 5.41 Å². The van der Waals surface area contributed by atoms with Crippen molar-refractivity contribution >= 4 is 11.3 Å². The molecule has 0 aromatic carbocycles. The Morgan fingerprint density at radius 2 is 2.10 bits per heavy atom. The van der Waals surface area contributed by atoms with Crippen molar-refractivity contribution in [2.45, 2.75) is 71.0 Å². The van der Waals surface area contributed by atoms with Gasteiger partial charge in [-0.15, -0.1) is 11.3 Å². The fraction of sp³-hybridized carbons (Fsp3) is 0.778. The maximum Gasteiger partial charge on any atom is 0.0331 e. The van der Waals surface area contributed by atoms with E-state index in [2.05, 4.69) is 41.6 Å². The van der Waals surface area contributed by atoms with E-state index in [0.29, 0.717) is 11.5 Å². The first kappa shape index (κ1) is 15.5. The van der Waals surface area contributed by atoms with Crippen LogP contribution in [-0.2, 0) is 6.54 Å². The summed E-state index contributed by atoms with van der Waals surface area (Å²) in [4.78, 5) is 4.32. The van der Waals surface area contributed by atoms with Gasteiger partial charge in [0.25, 0.3) is 0 Å². The predicted octanol–water partition coefficient (Wildman–Crippen LogP) is 4.27. The summed E-state index contributed by atoms with van der Waals surface area (Å²) in [6.07, 6.45) is 8.52. The Balaban J connectivity index is 1.64. The van der Waals surface area contributed by atoms with Crippen molar-refractivity contribution in [3.05, 3.63) is 22.4 Å². The van der Waals surface area contributed by atoms with Gasteiger partial charge in [0.05, 0.1) is 0 Å². The fourth-order valence-electron chi connectivity index (χ4n) is 3.72. The van der Waals surface area contributed by atoms with Gasteiger partial charge in [-0.1, -0.05) is 32.8 Å². The minimum atomic E-state index is 0.532. The van der Waals surface area contributed by atoms with E-state index in [0.717, 1.165) is 6.04 Å². The van der Waals surface area contributed by atoms with Crippen LogP contribution in [0.5, 0.6) is 0 Å². The molecule has 0 aliphatic heterocycles. The lowest BCUT2D eigenvalue weighted by atomic mass is 9.85. The van der Waals surface area contributed by atoms with E-state index in [1.165, 1.54) is 63.0 Å². The molecule has 2 nitrogen and oxygen atoms in total. The molecule has 2 aliphatic carbocycles. The second kappa shape index (κ2) is 6.80. The van der Waals surface area contributed by atoms with Gasteiger partial charge >= 0.3 is 0 Å². The van der Waals surface area contributed by atoms with E-state index in [1.807, 2.05) is 11.3 Å². The van der Waals surface area contributed by atoms with Crippen molar-refractivity contribution in [3.63, 3.8) is 0 Å². The van der Waals surface area contributed by atoms with E-state index in [-0.39, 0.29) is 0 Å². The SMILES string of the molecule is CC(C)NCC1(CN(Cc2cccs2)C2CC2)CCCC1. The lowest BCUT2D eigenvalue weighted by molar-refractivity contribution is 0.134. The maximum atomic E-state index is 3.73. The monoisotopic (exact) mass is 306 g/mol. The molecule has 0 unspecified atom stereocenters. The minimum absolute atomic E-state index is 0.532. The summed E-state index contributed by atoms with van der Waals surface area (Å²) in [5.41, 5.74) is 0.532. The Morgan fingerprint density at radius 1 is 1.33 bits per heavy atom. The summed E-state index contributed by atoms with van der Waals surface area (Å²) < 4.78 is 0. The average Bonchev–Trinajstić information content (AvgIpc) is 2.99. The van der Waals surface area contributed by atoms with Crippen LogP contribution in [0.3, 0.4) is 0 Å². The number of hydrogen-bond acceptors (Lipinski definition) is 3. The molecule has 2 aliphatic rings. The lowest BCUT2D eigenvalue weighted by Gasteiger charge is -2.36. The smallest absolute Gasteiger partial charge is 0.0331 e. The molecule has 1 aromatic rings. The van der Waals surface area contributed by atoms with Gasteiger partial charge in [-0.25, -0.2) is 0 Å². The van der Waals surface area contributed by atoms with E-state index in [4.69, 9.17) is 0 Å². The average molecular weight is 307 g/mol. The Morgan fingerprint density at radius 3 is 2.67 bits per heavy atom. The van der Waals surface area contributed by atoms with Gasteiger partial charge in [0, 0.05) is 36.6 Å². The highest BCUT2D eigenvalue weighted by molar-refractivity contribution is 7.09. The number of nitrogens with zero attached hydrogens (tertiary/aromatic N) is 1. The quantitative estimate of drug-likeness (QED) is 0.771. The van der Waals surface area contributed by atoms with Crippen LogP contribution in [-0.4, -0.2) is 30.1 Å². The zero-order chi connectivity index (χ0) is 14.7. The molecule has 1 aromatic heterocycles. The summed E-state index contributed by atoms with van der Waals surface area (Å²) >= 11 is 1.91. The predicted molar refractivity (Wildman–Crippen MR) is 91.8 cm³/mol. The lowest BCUT2D eigenvalue weighted by Crippen LogP contribution is -2.44. The molecule has 3 heteroatoms. The maximum absolute atomic E-state index is 3.73. The highest BCUT2D eigenvalue weighted by Gasteiger charge is 2.39. The minimum Gasteiger partial charge on any atom is -0.314 e. The highest BCUT2D eigenvalue weighted by Crippen LogP contribution is 2.41. The molecule has 0 saturated heterocycles. The first-order valence-electron chi connectivity index (χ1n) is 8.67. The second-order valence-electron chi connectivity index (χ2n) is 7.46. The van der Waals surface area contributed by atoms with E-state index < -0.39 is 0 Å². The number of rotatable bonds is 8. The third-order valence-corrected chi connectivity index (χ3v) is 5.95. The van der Waals surface area contributed by atoms with Crippen molar-refractivity contribution in [1.29, 1.82) is 0 Å². The van der Waals surface area contributed by atoms with Gasteiger partial charge in [0.1, 0.15) is 0 Å². The topological polar surface area (TPSA) is 15.3 Å². The fourth-order valence-corrected chi connectivity index (χ4v) is 4.45. The standard InChI is InChI=1S/C18H30N2S/c1-15(2)19-13-18(9-3-4-10-18)14-20(16-7-8-16)12-17-6-5-11-21-17/h5-6,11,15-16,19H,3-4,7-10,12-14H2,1-2H3. The molecule has 118 valence electrons. The third-order valence-electron chi connectivity index (χ3n) is 5.09. The molecular weight excluding hydrogens is 276 g/mol. The molecular formula is C18H30N2S.